The quantitative estimate of drug-likeness (QED) is 0.601. The molecule has 0 aliphatic carbocycles. The molecule has 3 N–H and O–H groups in total. The van der Waals surface area contributed by atoms with Crippen LogP contribution in [0.3, 0.4) is 0 Å². The number of pyridine rings is 1. The smallest absolute Gasteiger partial charge is 0.161 e. The van der Waals surface area contributed by atoms with Gasteiger partial charge < -0.3 is 15.6 Å². The van der Waals surface area contributed by atoms with Crippen LogP contribution in [0.25, 0.3) is 11.4 Å². The van der Waals surface area contributed by atoms with E-state index in [1.54, 1.807) is 18.7 Å². The molecule has 0 saturated heterocycles. The molecule has 0 radical (unpaired) electrons. The van der Waals surface area contributed by atoms with E-state index in [4.69, 9.17) is 9.97 Å². The van der Waals surface area contributed by atoms with Gasteiger partial charge in [-0.05, 0) is 25.1 Å². The summed E-state index contributed by atoms with van der Waals surface area (Å²) in [6.07, 6.45) is 9.85. The highest BCUT2D eigenvalue weighted by Gasteiger charge is 2.17. The van der Waals surface area contributed by atoms with Crippen LogP contribution in [-0.2, 0) is 19.3 Å². The lowest BCUT2D eigenvalue weighted by Gasteiger charge is -2.14. The number of anilines is 1. The number of fused-ring (bicyclic) bond motifs is 1. The van der Waals surface area contributed by atoms with Gasteiger partial charge in [0, 0.05) is 61.3 Å². The van der Waals surface area contributed by atoms with Gasteiger partial charge in [-0.25, -0.2) is 15.0 Å². The van der Waals surface area contributed by atoms with Crippen LogP contribution in [0.4, 0.5) is 5.82 Å². The van der Waals surface area contributed by atoms with Crippen LogP contribution in [0.15, 0.2) is 37.1 Å². The Labute approximate surface area is 170 Å². The average molecular weight is 408 g/mol. The standard InChI is InChI=1S/C18H21N7.2ClH/c1-6-19-7-2-13(1)17-24-16-5-9-20-8-4-15(16)18(25-17)22-10-3-14-11-21-12-23-14;;/h1-2,6-7,11-12,20H,3-5,8-10H2,(H,21,23)(H,22,24,25);2*1H. The summed E-state index contributed by atoms with van der Waals surface area (Å²) in [4.78, 5) is 20.9. The number of nitrogens with zero attached hydrogens (tertiary/aromatic N) is 4. The Hall–Kier alpha value is -2.22. The minimum absolute atomic E-state index is 0. The predicted molar refractivity (Wildman–Crippen MR) is 111 cm³/mol. The first kappa shape index (κ1) is 21.1. The first-order chi connectivity index (χ1) is 12.4. The summed E-state index contributed by atoms with van der Waals surface area (Å²) in [6.45, 7) is 2.71. The lowest BCUT2D eigenvalue weighted by Crippen LogP contribution is -2.16. The van der Waals surface area contributed by atoms with E-state index in [9.17, 15) is 0 Å². The fraction of sp³-hybridized carbons (Fsp3) is 0.333. The molecule has 0 spiro atoms. The highest BCUT2D eigenvalue weighted by molar-refractivity contribution is 5.85. The molecule has 3 aromatic rings. The molecule has 7 nitrogen and oxygen atoms in total. The summed E-state index contributed by atoms with van der Waals surface area (Å²) < 4.78 is 0. The Bertz CT molecular complexity index is 825. The maximum atomic E-state index is 4.83. The lowest BCUT2D eigenvalue weighted by molar-refractivity contribution is 0.708. The van der Waals surface area contributed by atoms with Gasteiger partial charge in [0.05, 0.1) is 12.0 Å². The van der Waals surface area contributed by atoms with Crippen molar-refractivity contribution in [2.75, 3.05) is 25.0 Å². The first-order valence-electron chi connectivity index (χ1n) is 8.62. The topological polar surface area (TPSA) is 91.4 Å². The Balaban J connectivity index is 0.00000131. The number of halogens is 2. The SMILES string of the molecule is Cl.Cl.c1cc(-c2nc3c(c(NCCc4cnc[nH]4)n2)CCNCC3)ccn1. The van der Waals surface area contributed by atoms with Gasteiger partial charge in [-0.15, -0.1) is 24.8 Å². The van der Waals surface area contributed by atoms with Crippen LogP contribution in [0.2, 0.25) is 0 Å². The molecule has 4 heterocycles. The predicted octanol–water partition coefficient (Wildman–Crippen LogP) is 2.45. The summed E-state index contributed by atoms with van der Waals surface area (Å²) in [5.74, 6) is 1.70. The van der Waals surface area contributed by atoms with Crippen LogP contribution >= 0.6 is 24.8 Å². The van der Waals surface area contributed by atoms with Crippen LogP contribution in [-0.4, -0.2) is 44.6 Å². The van der Waals surface area contributed by atoms with Gasteiger partial charge in [-0.3, -0.25) is 4.98 Å². The minimum atomic E-state index is 0. The van der Waals surface area contributed by atoms with Gasteiger partial charge in [-0.1, -0.05) is 0 Å². The normalized spacial score (nSPS) is 12.9. The molecule has 0 atom stereocenters. The molecule has 27 heavy (non-hydrogen) atoms. The van der Waals surface area contributed by atoms with Crippen molar-refractivity contribution in [1.82, 2.24) is 30.2 Å². The fourth-order valence-electron chi connectivity index (χ4n) is 3.06. The van der Waals surface area contributed by atoms with E-state index in [-0.39, 0.29) is 24.8 Å². The number of aromatic nitrogens is 5. The number of nitrogens with one attached hydrogen (secondary N) is 3. The zero-order valence-electron chi connectivity index (χ0n) is 14.8. The van der Waals surface area contributed by atoms with Gasteiger partial charge in [0.25, 0.3) is 0 Å². The third-order valence-electron chi connectivity index (χ3n) is 4.36. The van der Waals surface area contributed by atoms with Crippen LogP contribution in [0.5, 0.6) is 0 Å². The molecule has 0 saturated carbocycles. The largest absolute Gasteiger partial charge is 0.369 e. The van der Waals surface area contributed by atoms with Crippen LogP contribution in [0.1, 0.15) is 17.0 Å². The van der Waals surface area contributed by atoms with Crippen molar-refractivity contribution in [3.05, 3.63) is 54.0 Å². The van der Waals surface area contributed by atoms with Crippen molar-refractivity contribution in [2.24, 2.45) is 0 Å². The summed E-state index contributed by atoms with van der Waals surface area (Å²) in [5, 5.41) is 6.95. The van der Waals surface area contributed by atoms with E-state index in [0.717, 1.165) is 67.5 Å². The van der Waals surface area contributed by atoms with E-state index in [2.05, 4.69) is 25.6 Å². The van der Waals surface area contributed by atoms with E-state index in [1.165, 1.54) is 5.56 Å². The van der Waals surface area contributed by atoms with Gasteiger partial charge in [0.2, 0.25) is 0 Å². The molecule has 0 amide bonds. The Kier molecular flexibility index (Phi) is 7.97. The molecule has 0 unspecified atom stereocenters. The highest BCUT2D eigenvalue weighted by Crippen LogP contribution is 2.24. The summed E-state index contributed by atoms with van der Waals surface area (Å²) in [7, 11) is 0. The van der Waals surface area contributed by atoms with Crippen molar-refractivity contribution >= 4 is 30.6 Å². The van der Waals surface area contributed by atoms with Crippen molar-refractivity contribution < 1.29 is 0 Å². The van der Waals surface area contributed by atoms with Crippen LogP contribution < -0.4 is 10.6 Å². The zero-order chi connectivity index (χ0) is 16.9. The second-order valence-electron chi connectivity index (χ2n) is 6.06. The third-order valence-corrected chi connectivity index (χ3v) is 4.36. The van der Waals surface area contributed by atoms with E-state index in [1.807, 2.05) is 18.3 Å². The minimum Gasteiger partial charge on any atom is -0.369 e. The van der Waals surface area contributed by atoms with E-state index >= 15 is 0 Å². The number of hydrogen-bond acceptors (Lipinski definition) is 6. The molecule has 0 bridgehead atoms. The van der Waals surface area contributed by atoms with Crippen molar-refractivity contribution in [1.29, 1.82) is 0 Å². The van der Waals surface area contributed by atoms with Gasteiger partial charge in [0.1, 0.15) is 5.82 Å². The average Bonchev–Trinajstić information content (AvgIpc) is 3.05. The second-order valence-corrected chi connectivity index (χ2v) is 6.06. The third kappa shape index (κ3) is 5.15. The van der Waals surface area contributed by atoms with Crippen LogP contribution in [0, 0.1) is 0 Å². The molecule has 3 aromatic heterocycles. The summed E-state index contributed by atoms with van der Waals surface area (Å²) in [5.41, 5.74) is 4.47. The Morgan fingerprint density at radius 1 is 1.00 bits per heavy atom. The molecule has 0 aromatic carbocycles. The van der Waals surface area contributed by atoms with Gasteiger partial charge in [0.15, 0.2) is 5.82 Å². The number of imidazole rings is 1. The molecule has 144 valence electrons. The number of aromatic amines is 1. The Morgan fingerprint density at radius 3 is 2.59 bits per heavy atom. The van der Waals surface area contributed by atoms with Crippen molar-refractivity contribution in [3.8, 4) is 11.4 Å². The van der Waals surface area contributed by atoms with E-state index < -0.39 is 0 Å². The molecule has 1 aliphatic heterocycles. The molecule has 1 aliphatic rings. The highest BCUT2D eigenvalue weighted by atomic mass is 35.5. The molecule has 4 rings (SSSR count). The monoisotopic (exact) mass is 407 g/mol. The molecular weight excluding hydrogens is 385 g/mol. The number of H-pyrrole nitrogens is 1. The van der Waals surface area contributed by atoms with Crippen molar-refractivity contribution in [3.63, 3.8) is 0 Å². The second kappa shape index (κ2) is 10.2. The maximum Gasteiger partial charge on any atom is 0.161 e. The maximum absolute atomic E-state index is 4.83. The van der Waals surface area contributed by atoms with Crippen molar-refractivity contribution in [2.45, 2.75) is 19.3 Å². The summed E-state index contributed by atoms with van der Waals surface area (Å²) >= 11 is 0. The van der Waals surface area contributed by atoms with E-state index in [0.29, 0.717) is 0 Å². The molecule has 0 fully saturated rings. The van der Waals surface area contributed by atoms with Gasteiger partial charge in [-0.2, -0.15) is 0 Å². The molecular formula is C18H23Cl2N7. The summed E-state index contributed by atoms with van der Waals surface area (Å²) in [6, 6.07) is 3.90. The lowest BCUT2D eigenvalue weighted by atomic mass is 10.1. The zero-order valence-corrected chi connectivity index (χ0v) is 16.4. The Morgan fingerprint density at radius 2 is 1.81 bits per heavy atom. The first-order valence-corrected chi connectivity index (χ1v) is 8.62. The molecule has 9 heteroatoms. The fourth-order valence-corrected chi connectivity index (χ4v) is 3.06. The number of hydrogen-bond donors (Lipinski definition) is 3. The number of rotatable bonds is 5. The van der Waals surface area contributed by atoms with Gasteiger partial charge >= 0.3 is 0 Å².